The minimum absolute atomic E-state index is 0.0728. The molecule has 2 atom stereocenters. The van der Waals surface area contributed by atoms with Crippen LogP contribution in [0.15, 0.2) is 57.1 Å². The molecule has 1 amide bonds. The number of furan rings is 1. The number of carbonyl (C=O) groups excluding carboxylic acids is 2. The first kappa shape index (κ1) is 20.3. The van der Waals surface area contributed by atoms with Crippen molar-refractivity contribution in [2.45, 2.75) is 46.5 Å². The van der Waals surface area contributed by atoms with Crippen LogP contribution in [0.5, 0.6) is 0 Å². The first-order valence-electron chi connectivity index (χ1n) is 10.1. The van der Waals surface area contributed by atoms with E-state index in [1.54, 1.807) is 6.92 Å². The van der Waals surface area contributed by atoms with Crippen LogP contribution in [0.2, 0.25) is 0 Å². The molecule has 30 heavy (non-hydrogen) atoms. The Balaban J connectivity index is 1.78. The maximum absolute atomic E-state index is 13.3. The Kier molecular flexibility index (Phi) is 4.96. The monoisotopic (exact) mass is 408 g/mol. The molecule has 6 heteroatoms. The summed E-state index contributed by atoms with van der Waals surface area (Å²) in [7, 11) is 0. The van der Waals surface area contributed by atoms with E-state index in [9.17, 15) is 14.0 Å². The zero-order valence-corrected chi connectivity index (χ0v) is 17.6. The van der Waals surface area contributed by atoms with E-state index >= 15 is 0 Å². The number of fused-ring (bicyclic) bond motifs is 1. The van der Waals surface area contributed by atoms with Gasteiger partial charge in [-0.2, -0.15) is 0 Å². The van der Waals surface area contributed by atoms with Crippen molar-refractivity contribution >= 4 is 23.1 Å². The highest BCUT2D eigenvalue weighted by Gasteiger charge is 2.48. The number of nitrogens with one attached hydrogen (secondary N) is 1. The molecule has 2 aliphatic rings. The third kappa shape index (κ3) is 3.74. The summed E-state index contributed by atoms with van der Waals surface area (Å²) >= 11 is 0. The van der Waals surface area contributed by atoms with Crippen LogP contribution in [-0.4, -0.2) is 17.4 Å². The second-order valence-electron chi connectivity index (χ2n) is 8.95. The first-order chi connectivity index (χ1) is 14.1. The lowest BCUT2D eigenvalue weighted by Crippen LogP contribution is -2.44. The van der Waals surface area contributed by atoms with E-state index in [0.29, 0.717) is 41.3 Å². The van der Waals surface area contributed by atoms with Crippen molar-refractivity contribution in [1.82, 2.24) is 0 Å². The highest BCUT2D eigenvalue weighted by Crippen LogP contribution is 2.47. The van der Waals surface area contributed by atoms with Crippen molar-refractivity contribution in [2.75, 3.05) is 5.32 Å². The van der Waals surface area contributed by atoms with Crippen molar-refractivity contribution in [3.8, 4) is 0 Å². The van der Waals surface area contributed by atoms with Crippen LogP contribution in [0.3, 0.4) is 0 Å². The Morgan fingerprint density at radius 2 is 1.80 bits per heavy atom. The summed E-state index contributed by atoms with van der Waals surface area (Å²) in [6.07, 6.45) is 1.13. The average Bonchev–Trinajstić information content (AvgIpc) is 3.07. The van der Waals surface area contributed by atoms with E-state index in [1.165, 1.54) is 24.3 Å². The van der Waals surface area contributed by atoms with Crippen molar-refractivity contribution < 1.29 is 18.4 Å². The number of Topliss-reactive ketones (excluding diaryl/α,β-unsaturated/α-hetero) is 1. The fraction of sp³-hybridized carbons (Fsp3) is 0.375. The van der Waals surface area contributed by atoms with Gasteiger partial charge in [0.1, 0.15) is 23.1 Å². The third-order valence-corrected chi connectivity index (χ3v) is 5.78. The second kappa shape index (κ2) is 7.35. The predicted octanol–water partition coefficient (Wildman–Crippen LogP) is 5.18. The summed E-state index contributed by atoms with van der Waals surface area (Å²) in [5.74, 6) is -0.413. The molecule has 2 heterocycles. The molecule has 1 aliphatic heterocycles. The normalized spacial score (nSPS) is 23.1. The van der Waals surface area contributed by atoms with Crippen LogP contribution < -0.4 is 5.32 Å². The summed E-state index contributed by atoms with van der Waals surface area (Å²) in [6, 6.07) is 9.24. The number of halogens is 1. The average molecular weight is 408 g/mol. The fourth-order valence-electron chi connectivity index (χ4n) is 4.55. The number of hydrogen-bond donors (Lipinski definition) is 1. The van der Waals surface area contributed by atoms with Gasteiger partial charge in [-0.3, -0.25) is 14.6 Å². The van der Waals surface area contributed by atoms with Crippen molar-refractivity contribution in [3.05, 3.63) is 65.0 Å². The molecule has 0 bridgehead atoms. The summed E-state index contributed by atoms with van der Waals surface area (Å²) in [6.45, 7) is 7.75. The molecule has 1 unspecified atom stereocenters. The SMILES string of the molecule is CC1=C(C(=O)Nc2ccc(F)cc2)[C@@H](c2ccc(C)o2)C2C(=O)CC(C)(C)CC2=N1. The molecule has 1 fully saturated rings. The maximum atomic E-state index is 13.3. The smallest absolute Gasteiger partial charge is 0.254 e. The molecule has 0 radical (unpaired) electrons. The second-order valence-corrected chi connectivity index (χ2v) is 8.95. The van der Waals surface area contributed by atoms with Crippen LogP contribution in [-0.2, 0) is 9.59 Å². The Morgan fingerprint density at radius 3 is 2.43 bits per heavy atom. The van der Waals surface area contributed by atoms with Gasteiger partial charge in [0.25, 0.3) is 5.91 Å². The van der Waals surface area contributed by atoms with Crippen LogP contribution in [0, 0.1) is 24.1 Å². The zero-order chi connectivity index (χ0) is 21.6. The molecule has 1 aliphatic carbocycles. The maximum Gasteiger partial charge on any atom is 0.254 e. The predicted molar refractivity (Wildman–Crippen MR) is 113 cm³/mol. The third-order valence-electron chi connectivity index (χ3n) is 5.78. The lowest BCUT2D eigenvalue weighted by Gasteiger charge is -2.40. The molecule has 0 saturated heterocycles. The molecular formula is C24H25FN2O3. The van der Waals surface area contributed by atoms with E-state index in [4.69, 9.17) is 9.41 Å². The van der Waals surface area contributed by atoms with Gasteiger partial charge in [-0.1, -0.05) is 13.8 Å². The number of benzene rings is 1. The molecule has 2 aromatic rings. The highest BCUT2D eigenvalue weighted by molar-refractivity contribution is 6.14. The number of amides is 1. The molecule has 4 rings (SSSR count). The van der Waals surface area contributed by atoms with E-state index in [1.807, 2.05) is 19.1 Å². The van der Waals surface area contributed by atoms with E-state index in [0.717, 1.165) is 5.71 Å². The highest BCUT2D eigenvalue weighted by atomic mass is 19.1. The molecule has 0 spiro atoms. The Bertz CT molecular complexity index is 1080. The van der Waals surface area contributed by atoms with Gasteiger partial charge < -0.3 is 9.73 Å². The quantitative estimate of drug-likeness (QED) is 0.760. The van der Waals surface area contributed by atoms with Crippen LogP contribution >= 0.6 is 0 Å². The van der Waals surface area contributed by atoms with E-state index in [-0.39, 0.29) is 22.9 Å². The van der Waals surface area contributed by atoms with E-state index in [2.05, 4.69) is 19.2 Å². The lowest BCUT2D eigenvalue weighted by molar-refractivity contribution is -0.124. The topological polar surface area (TPSA) is 71.7 Å². The molecule has 1 N–H and O–H groups in total. The van der Waals surface area contributed by atoms with Gasteiger partial charge in [-0.25, -0.2) is 4.39 Å². The first-order valence-corrected chi connectivity index (χ1v) is 10.1. The Morgan fingerprint density at radius 1 is 1.10 bits per heavy atom. The standard InChI is InChI=1S/C24H25FN2O3/c1-13-5-10-19(30-13)22-20(23(29)27-16-8-6-15(25)7-9-16)14(2)26-17-11-24(3,4)12-18(28)21(17)22/h5-10,21-22H,11-12H2,1-4H3,(H,27,29)/t21?,22-/m1/s1. The fourth-order valence-corrected chi connectivity index (χ4v) is 4.55. The number of aliphatic imine (C=N–C) groups is 1. The number of nitrogens with zero attached hydrogens (tertiary/aromatic N) is 1. The Labute approximate surface area is 175 Å². The minimum Gasteiger partial charge on any atom is -0.466 e. The number of allylic oxidation sites excluding steroid dienone is 1. The van der Waals surface area contributed by atoms with E-state index < -0.39 is 11.8 Å². The summed E-state index contributed by atoms with van der Waals surface area (Å²) in [4.78, 5) is 31.2. The van der Waals surface area contributed by atoms with Crippen molar-refractivity contribution in [3.63, 3.8) is 0 Å². The molecule has 1 saturated carbocycles. The minimum atomic E-state index is -0.532. The summed E-state index contributed by atoms with van der Waals surface area (Å²) in [5.41, 5.74) is 2.11. The number of anilines is 1. The number of rotatable bonds is 3. The van der Waals surface area contributed by atoms with Gasteiger partial charge in [0.05, 0.1) is 17.4 Å². The molecule has 1 aromatic carbocycles. The molecule has 156 valence electrons. The molecule has 5 nitrogen and oxygen atoms in total. The largest absolute Gasteiger partial charge is 0.466 e. The molecule has 1 aromatic heterocycles. The van der Waals surface area contributed by atoms with Gasteiger partial charge in [0.2, 0.25) is 0 Å². The lowest BCUT2D eigenvalue weighted by atomic mass is 9.64. The number of carbonyl (C=O) groups is 2. The number of hydrogen-bond acceptors (Lipinski definition) is 4. The summed E-state index contributed by atoms with van der Waals surface area (Å²) in [5, 5.41) is 2.82. The van der Waals surface area contributed by atoms with Gasteiger partial charge >= 0.3 is 0 Å². The van der Waals surface area contributed by atoms with Crippen LogP contribution in [0.25, 0.3) is 0 Å². The number of aryl methyl sites for hydroxylation is 1. The van der Waals surface area contributed by atoms with Crippen molar-refractivity contribution in [2.24, 2.45) is 16.3 Å². The summed E-state index contributed by atoms with van der Waals surface area (Å²) < 4.78 is 19.1. The Hall–Kier alpha value is -3.02. The van der Waals surface area contributed by atoms with Gasteiger partial charge in [-0.05, 0) is 62.1 Å². The molecular weight excluding hydrogens is 383 g/mol. The van der Waals surface area contributed by atoms with Gasteiger partial charge in [-0.15, -0.1) is 0 Å². The van der Waals surface area contributed by atoms with Crippen molar-refractivity contribution in [1.29, 1.82) is 0 Å². The van der Waals surface area contributed by atoms with Gasteiger partial charge in [0, 0.05) is 23.5 Å². The van der Waals surface area contributed by atoms with Gasteiger partial charge in [0.15, 0.2) is 0 Å². The van der Waals surface area contributed by atoms with Crippen LogP contribution in [0.1, 0.15) is 51.1 Å². The van der Waals surface area contributed by atoms with Crippen LogP contribution in [0.4, 0.5) is 10.1 Å². The zero-order valence-electron chi connectivity index (χ0n) is 17.6. The number of ketones is 1.